The lowest BCUT2D eigenvalue weighted by Gasteiger charge is -2.20. The summed E-state index contributed by atoms with van der Waals surface area (Å²) in [5.41, 5.74) is -0.871. The number of hydrogen-bond acceptors (Lipinski definition) is 10. The van der Waals surface area contributed by atoms with Crippen LogP contribution in [0.3, 0.4) is 0 Å². The largest absolute Gasteiger partial charge is 0.505 e. The second-order valence-corrected chi connectivity index (χ2v) is 12.9. The van der Waals surface area contributed by atoms with Crippen LogP contribution < -0.4 is 5.32 Å². The first-order valence-corrected chi connectivity index (χ1v) is 15.6. The lowest BCUT2D eigenvalue weighted by Crippen LogP contribution is -2.27. The number of nitrogens with zero attached hydrogens (tertiary/aromatic N) is 2. The predicted octanol–water partition coefficient (Wildman–Crippen LogP) is 6.00. The molecule has 0 unspecified atom stereocenters. The molecule has 4 aromatic rings. The summed E-state index contributed by atoms with van der Waals surface area (Å²) in [6.45, 7) is 5.32. The van der Waals surface area contributed by atoms with E-state index < -0.39 is 47.2 Å². The van der Waals surface area contributed by atoms with Gasteiger partial charge in [-0.05, 0) is 55.3 Å². The number of phenols is 1. The number of carbonyl (C=O) groups is 1. The van der Waals surface area contributed by atoms with Gasteiger partial charge < -0.3 is 15.2 Å². The molecule has 14 heteroatoms. The first-order valence-electron chi connectivity index (χ1n) is 12.7. The van der Waals surface area contributed by atoms with Gasteiger partial charge in [-0.2, -0.15) is 16.8 Å². The lowest BCUT2D eigenvalue weighted by molar-refractivity contribution is -0.153. The number of rotatable bonds is 10. The highest BCUT2D eigenvalue weighted by Gasteiger charge is 2.27. The SMILES string of the molecule is CCC(C)(C)C(=O)OCCNc1cc(S(=O)(=O)O)cc2ccc(/N=N/c3ccc4ccccc4c3S(=O)(=O)O)c(O)c12. The van der Waals surface area contributed by atoms with Crippen LogP contribution in [0.15, 0.2) is 80.7 Å². The molecule has 42 heavy (non-hydrogen) atoms. The van der Waals surface area contributed by atoms with E-state index in [2.05, 4.69) is 15.5 Å². The van der Waals surface area contributed by atoms with Crippen LogP contribution in [0.5, 0.6) is 5.75 Å². The van der Waals surface area contributed by atoms with E-state index in [-0.39, 0.29) is 46.4 Å². The van der Waals surface area contributed by atoms with Crippen molar-refractivity contribution in [2.45, 2.75) is 37.0 Å². The number of carbonyl (C=O) groups excluding carboxylic acids is 1. The maximum Gasteiger partial charge on any atom is 0.311 e. The molecule has 0 aliphatic carbocycles. The summed E-state index contributed by atoms with van der Waals surface area (Å²) in [4.78, 5) is 11.4. The summed E-state index contributed by atoms with van der Waals surface area (Å²) < 4.78 is 73.1. The van der Waals surface area contributed by atoms with Crippen LogP contribution in [0.4, 0.5) is 17.1 Å². The fourth-order valence-corrected chi connectivity index (χ4v) is 5.52. The molecule has 0 saturated heterocycles. The van der Waals surface area contributed by atoms with E-state index >= 15 is 0 Å². The highest BCUT2D eigenvalue weighted by atomic mass is 32.2. The molecule has 0 aromatic heterocycles. The zero-order chi connectivity index (χ0) is 30.9. The van der Waals surface area contributed by atoms with Crippen LogP contribution in [0, 0.1) is 5.41 Å². The molecule has 4 aromatic carbocycles. The Bertz CT molecular complexity index is 1940. The fraction of sp³-hybridized carbons (Fsp3) is 0.250. The molecule has 0 radical (unpaired) electrons. The van der Waals surface area contributed by atoms with Gasteiger partial charge in [0.2, 0.25) is 0 Å². The quantitative estimate of drug-likeness (QED) is 0.0712. The van der Waals surface area contributed by atoms with Crippen molar-refractivity contribution in [1.82, 2.24) is 0 Å². The van der Waals surface area contributed by atoms with E-state index in [4.69, 9.17) is 4.74 Å². The smallest absolute Gasteiger partial charge is 0.311 e. The van der Waals surface area contributed by atoms with Gasteiger partial charge in [0.1, 0.15) is 22.9 Å². The number of fused-ring (bicyclic) bond motifs is 2. The second kappa shape index (κ2) is 11.6. The first-order chi connectivity index (χ1) is 19.6. The molecule has 0 heterocycles. The van der Waals surface area contributed by atoms with Crippen molar-refractivity contribution >= 4 is 64.8 Å². The van der Waals surface area contributed by atoms with Gasteiger partial charge in [0.25, 0.3) is 20.2 Å². The number of ether oxygens (including phenoxy) is 1. The Labute approximate surface area is 242 Å². The topological polar surface area (TPSA) is 192 Å². The van der Waals surface area contributed by atoms with Crippen molar-refractivity contribution in [1.29, 1.82) is 0 Å². The number of hydrogen-bond donors (Lipinski definition) is 4. The molecule has 222 valence electrons. The van der Waals surface area contributed by atoms with Crippen molar-refractivity contribution < 1.29 is 40.6 Å². The summed E-state index contributed by atoms with van der Waals surface area (Å²) in [6.07, 6.45) is 0.566. The molecule has 0 bridgehead atoms. The maximum absolute atomic E-state index is 12.3. The molecule has 0 atom stereocenters. The average Bonchev–Trinajstić information content (AvgIpc) is 2.93. The van der Waals surface area contributed by atoms with Gasteiger partial charge in [-0.3, -0.25) is 13.9 Å². The van der Waals surface area contributed by atoms with Crippen molar-refractivity contribution in [2.24, 2.45) is 15.6 Å². The maximum atomic E-state index is 12.3. The molecule has 0 aliphatic heterocycles. The van der Waals surface area contributed by atoms with Crippen molar-refractivity contribution in [2.75, 3.05) is 18.5 Å². The van der Waals surface area contributed by atoms with E-state index in [9.17, 15) is 35.8 Å². The van der Waals surface area contributed by atoms with E-state index in [1.807, 2.05) is 6.92 Å². The zero-order valence-corrected chi connectivity index (χ0v) is 24.5. The molecule has 4 rings (SSSR count). The third kappa shape index (κ3) is 6.51. The van der Waals surface area contributed by atoms with Crippen molar-refractivity contribution in [3.05, 3.63) is 60.7 Å². The second-order valence-electron chi connectivity index (χ2n) is 10.1. The minimum atomic E-state index is -4.71. The molecule has 12 nitrogen and oxygen atoms in total. The minimum Gasteiger partial charge on any atom is -0.505 e. The Hall–Kier alpha value is -4.11. The van der Waals surface area contributed by atoms with Crippen LogP contribution in [-0.4, -0.2) is 50.2 Å². The highest BCUT2D eigenvalue weighted by molar-refractivity contribution is 7.86. The Kier molecular flexibility index (Phi) is 8.55. The molecule has 0 amide bonds. The molecular weight excluding hydrogens is 586 g/mol. The third-order valence-corrected chi connectivity index (χ3v) is 8.59. The number of anilines is 1. The number of aromatic hydroxyl groups is 1. The number of nitrogens with one attached hydrogen (secondary N) is 1. The predicted molar refractivity (Wildman–Crippen MR) is 157 cm³/mol. The standard InChI is InChI=1S/C28H29N3O9S2/c1-4-28(2,3)27(33)40-14-13-29-23-16-19(41(34,35)36)15-18-10-11-21(25(32)24(18)23)30-31-22-12-9-17-7-5-6-8-20(17)26(22)42(37,38)39/h5-12,15-16,29,32H,4,13-14H2,1-3H3,(H,34,35,36)(H,37,38,39)/b31-30+. The molecular formula is C28H29N3O9S2. The lowest BCUT2D eigenvalue weighted by atomic mass is 9.91. The average molecular weight is 616 g/mol. The van der Waals surface area contributed by atoms with Gasteiger partial charge >= 0.3 is 5.97 Å². The van der Waals surface area contributed by atoms with E-state index in [1.165, 1.54) is 24.3 Å². The van der Waals surface area contributed by atoms with Gasteiger partial charge in [-0.1, -0.05) is 43.3 Å². The Morgan fingerprint density at radius 1 is 0.905 bits per heavy atom. The monoisotopic (exact) mass is 615 g/mol. The summed E-state index contributed by atoms with van der Waals surface area (Å²) in [5, 5.41) is 23.2. The van der Waals surface area contributed by atoms with Gasteiger partial charge in [0, 0.05) is 23.0 Å². The van der Waals surface area contributed by atoms with Crippen LogP contribution in [0.2, 0.25) is 0 Å². The Balaban J connectivity index is 1.74. The number of azo groups is 1. The molecule has 0 saturated carbocycles. The minimum absolute atomic E-state index is 0.0373. The molecule has 0 aliphatic rings. The van der Waals surface area contributed by atoms with Gasteiger partial charge in [0.15, 0.2) is 5.75 Å². The van der Waals surface area contributed by atoms with E-state index in [1.54, 1.807) is 38.1 Å². The van der Waals surface area contributed by atoms with E-state index in [0.29, 0.717) is 11.8 Å². The number of phenolic OH excluding ortho intramolecular Hbond substituents is 1. The summed E-state index contributed by atoms with van der Waals surface area (Å²) in [5.74, 6) is -0.842. The highest BCUT2D eigenvalue weighted by Crippen LogP contribution is 2.42. The number of esters is 1. The summed E-state index contributed by atoms with van der Waals surface area (Å²) in [6, 6.07) is 14.5. The van der Waals surface area contributed by atoms with Crippen LogP contribution >= 0.6 is 0 Å². The van der Waals surface area contributed by atoms with Gasteiger partial charge in [0.05, 0.1) is 10.3 Å². The normalized spacial score (nSPS) is 12.7. The zero-order valence-electron chi connectivity index (χ0n) is 22.9. The first kappa shape index (κ1) is 30.8. The van der Waals surface area contributed by atoms with Crippen molar-refractivity contribution in [3.8, 4) is 5.75 Å². The summed E-state index contributed by atoms with van der Waals surface area (Å²) >= 11 is 0. The molecule has 4 N–H and O–H groups in total. The Morgan fingerprint density at radius 2 is 1.55 bits per heavy atom. The third-order valence-electron chi connectivity index (χ3n) is 6.81. The van der Waals surface area contributed by atoms with Crippen LogP contribution in [-0.2, 0) is 29.8 Å². The fourth-order valence-electron chi connectivity index (χ4n) is 4.14. The Morgan fingerprint density at radius 3 is 2.21 bits per heavy atom. The van der Waals surface area contributed by atoms with Crippen LogP contribution in [0.1, 0.15) is 27.2 Å². The summed E-state index contributed by atoms with van der Waals surface area (Å²) in [7, 11) is -9.33. The molecule has 0 fully saturated rings. The van der Waals surface area contributed by atoms with E-state index in [0.717, 1.165) is 12.1 Å². The number of benzene rings is 4. The van der Waals surface area contributed by atoms with Crippen molar-refractivity contribution in [3.63, 3.8) is 0 Å². The van der Waals surface area contributed by atoms with Gasteiger partial charge in [-0.25, -0.2) is 0 Å². The van der Waals surface area contributed by atoms with Crippen LogP contribution in [0.25, 0.3) is 21.5 Å². The van der Waals surface area contributed by atoms with Gasteiger partial charge in [-0.15, -0.1) is 10.2 Å². The molecule has 0 spiro atoms.